The Morgan fingerprint density at radius 3 is 2.36 bits per heavy atom. The third kappa shape index (κ3) is 4.60. The number of anilines is 1. The third-order valence-corrected chi connectivity index (χ3v) is 1.06. The van der Waals surface area contributed by atoms with Gasteiger partial charge in [0.1, 0.15) is 0 Å². The van der Waals surface area contributed by atoms with Crippen LogP contribution in [0.1, 0.15) is 0 Å². The fourth-order valence-corrected chi connectivity index (χ4v) is 0.577. The molecule has 0 unspecified atom stereocenters. The van der Waals surface area contributed by atoms with Gasteiger partial charge in [-0.05, 0) is 0 Å². The Balaban J connectivity index is 0. The van der Waals surface area contributed by atoms with Gasteiger partial charge < -0.3 is 21.9 Å². The molecule has 0 spiro atoms. The van der Waals surface area contributed by atoms with Crippen LogP contribution in [0.2, 0.25) is 0 Å². The van der Waals surface area contributed by atoms with Crippen LogP contribution in [0, 0.1) is 6.07 Å². The maximum absolute atomic E-state index is 4.05. The molecule has 1 heterocycles. The number of halogens is 1. The average Bonchev–Trinajstić information content (AvgIpc) is 1.90. The van der Waals surface area contributed by atoms with Crippen molar-refractivity contribution in [1.82, 2.24) is 4.98 Å². The first-order chi connectivity index (χ1) is 4.30. The van der Waals surface area contributed by atoms with Gasteiger partial charge in [0.05, 0.1) is 0 Å². The van der Waals surface area contributed by atoms with E-state index in [9.17, 15) is 0 Å². The Kier molecular flexibility index (Phi) is 8.61. The molecule has 0 fully saturated rings. The second kappa shape index (κ2) is 6.88. The smallest absolute Gasteiger partial charge is 1.00 e. The summed E-state index contributed by atoms with van der Waals surface area (Å²) in [5, 5.41) is 0. The fourth-order valence-electron chi connectivity index (χ4n) is 0.577. The zero-order chi connectivity index (χ0) is 6.69. The molecule has 0 aliphatic rings. The first kappa shape index (κ1) is 13.8. The minimum atomic E-state index is 0. The first-order valence-corrected chi connectivity index (χ1v) is 2.80. The summed E-state index contributed by atoms with van der Waals surface area (Å²) in [7, 11) is 3.92. The van der Waals surface area contributed by atoms with Crippen LogP contribution in [0.15, 0.2) is 18.3 Å². The normalized spacial score (nSPS) is 7.45. The Labute approximate surface area is 93.9 Å². The standard InChI is InChI=1S/C7H9N2.BrH.Mg/c1-9(2)7-5-3-4-6-8-7;;/h3,5-6H,1-2H3;1H;/q-1;;+2/p-1. The molecule has 56 valence electrons. The average molecular weight is 225 g/mol. The SMILES string of the molecule is CN(C)c1cc[c-]cn1.[Br-].[Mg+2]. The van der Waals surface area contributed by atoms with Crippen LogP contribution in [-0.4, -0.2) is 42.1 Å². The van der Waals surface area contributed by atoms with Gasteiger partial charge in [0.15, 0.2) is 0 Å². The second-order valence-corrected chi connectivity index (χ2v) is 2.01. The molecule has 4 heteroatoms. The van der Waals surface area contributed by atoms with Crippen LogP contribution >= 0.6 is 0 Å². The Morgan fingerprint density at radius 2 is 2.09 bits per heavy atom. The summed E-state index contributed by atoms with van der Waals surface area (Å²) in [4.78, 5) is 6.00. The molecule has 0 radical (unpaired) electrons. The van der Waals surface area contributed by atoms with E-state index in [1.54, 1.807) is 6.20 Å². The van der Waals surface area contributed by atoms with E-state index in [-0.39, 0.29) is 40.0 Å². The minimum absolute atomic E-state index is 0. The molecular weight excluding hydrogens is 216 g/mol. The van der Waals surface area contributed by atoms with E-state index in [0.717, 1.165) is 5.82 Å². The van der Waals surface area contributed by atoms with Gasteiger partial charge in [0, 0.05) is 19.9 Å². The van der Waals surface area contributed by atoms with E-state index in [0.29, 0.717) is 0 Å². The summed E-state index contributed by atoms with van der Waals surface area (Å²) in [6.45, 7) is 0. The molecular formula is C7H9BrMgN2. The van der Waals surface area contributed by atoms with E-state index in [4.69, 9.17) is 0 Å². The van der Waals surface area contributed by atoms with Gasteiger partial charge in [-0.1, -0.05) is 6.20 Å². The van der Waals surface area contributed by atoms with Gasteiger partial charge in [0.2, 0.25) is 0 Å². The monoisotopic (exact) mass is 224 g/mol. The van der Waals surface area contributed by atoms with Crippen molar-refractivity contribution in [1.29, 1.82) is 0 Å². The molecule has 0 N–H and O–H groups in total. The maximum atomic E-state index is 4.05. The molecule has 0 aliphatic heterocycles. The van der Waals surface area contributed by atoms with Gasteiger partial charge in [0.25, 0.3) is 0 Å². The summed E-state index contributed by atoms with van der Waals surface area (Å²) in [6.07, 6.45) is 1.66. The Morgan fingerprint density at radius 1 is 1.45 bits per heavy atom. The largest absolute Gasteiger partial charge is 2.00 e. The Hall–Kier alpha value is 0.196. The molecule has 1 aromatic heterocycles. The van der Waals surface area contributed by atoms with Crippen molar-refractivity contribution in [3.8, 4) is 0 Å². The molecule has 2 nitrogen and oxygen atoms in total. The number of nitrogens with zero attached hydrogens (tertiary/aromatic N) is 2. The quantitative estimate of drug-likeness (QED) is 0.390. The molecule has 1 rings (SSSR count). The molecule has 11 heavy (non-hydrogen) atoms. The van der Waals surface area contributed by atoms with Crippen LogP contribution < -0.4 is 21.9 Å². The van der Waals surface area contributed by atoms with Crippen LogP contribution in [0.4, 0.5) is 5.82 Å². The summed E-state index contributed by atoms with van der Waals surface area (Å²) in [6, 6.07) is 6.62. The molecule has 0 aliphatic carbocycles. The van der Waals surface area contributed by atoms with Crippen molar-refractivity contribution < 1.29 is 17.0 Å². The minimum Gasteiger partial charge on any atom is -1.00 e. The molecule has 0 atom stereocenters. The molecule has 0 bridgehead atoms. The van der Waals surface area contributed by atoms with Gasteiger partial charge in [-0.25, -0.2) is 12.1 Å². The van der Waals surface area contributed by atoms with Crippen molar-refractivity contribution in [2.45, 2.75) is 0 Å². The number of pyridine rings is 1. The summed E-state index contributed by atoms with van der Waals surface area (Å²) in [5.41, 5.74) is 0. The predicted octanol–water partition coefficient (Wildman–Crippen LogP) is -2.43. The third-order valence-electron chi connectivity index (χ3n) is 1.06. The van der Waals surface area contributed by atoms with Crippen molar-refractivity contribution in [2.24, 2.45) is 0 Å². The maximum Gasteiger partial charge on any atom is 2.00 e. The molecule has 1 aromatic rings. The fraction of sp³-hybridized carbons (Fsp3) is 0.286. The zero-order valence-corrected chi connectivity index (χ0v) is 9.71. The number of rotatable bonds is 1. The van der Waals surface area contributed by atoms with Crippen molar-refractivity contribution >= 4 is 28.9 Å². The molecule has 0 saturated heterocycles. The van der Waals surface area contributed by atoms with Crippen molar-refractivity contribution in [3.63, 3.8) is 0 Å². The summed E-state index contributed by atoms with van der Waals surface area (Å²) < 4.78 is 0. The summed E-state index contributed by atoms with van der Waals surface area (Å²) in [5.74, 6) is 0.966. The number of hydrogen-bond acceptors (Lipinski definition) is 2. The predicted molar refractivity (Wildman–Crippen MR) is 43.2 cm³/mol. The molecule has 0 amide bonds. The summed E-state index contributed by atoms with van der Waals surface area (Å²) >= 11 is 0. The Bertz CT molecular complexity index is 179. The van der Waals surface area contributed by atoms with E-state index < -0.39 is 0 Å². The molecule has 0 saturated carbocycles. The van der Waals surface area contributed by atoms with Crippen LogP contribution in [-0.2, 0) is 0 Å². The van der Waals surface area contributed by atoms with E-state index in [2.05, 4.69) is 11.1 Å². The van der Waals surface area contributed by atoms with Gasteiger partial charge in [-0.3, -0.25) is 4.98 Å². The van der Waals surface area contributed by atoms with E-state index >= 15 is 0 Å². The van der Waals surface area contributed by atoms with Crippen LogP contribution in [0.5, 0.6) is 0 Å². The van der Waals surface area contributed by atoms with Crippen molar-refractivity contribution in [2.75, 3.05) is 19.0 Å². The van der Waals surface area contributed by atoms with Gasteiger partial charge >= 0.3 is 23.1 Å². The molecule has 0 aromatic carbocycles. The first-order valence-electron chi connectivity index (χ1n) is 2.80. The zero-order valence-electron chi connectivity index (χ0n) is 6.71. The van der Waals surface area contributed by atoms with Gasteiger partial charge in [-0.2, -0.15) is 6.07 Å². The number of aromatic nitrogens is 1. The van der Waals surface area contributed by atoms with Crippen molar-refractivity contribution in [3.05, 3.63) is 24.4 Å². The topological polar surface area (TPSA) is 16.1 Å². The van der Waals surface area contributed by atoms with E-state index in [1.807, 2.05) is 31.1 Å². The number of hydrogen-bond donors (Lipinski definition) is 0. The van der Waals surface area contributed by atoms with E-state index in [1.165, 1.54) is 0 Å². The van der Waals surface area contributed by atoms with Crippen LogP contribution in [0.25, 0.3) is 0 Å². The van der Waals surface area contributed by atoms with Crippen LogP contribution in [0.3, 0.4) is 0 Å². The second-order valence-electron chi connectivity index (χ2n) is 2.01. The van der Waals surface area contributed by atoms with Gasteiger partial charge in [-0.15, -0.1) is 0 Å².